The Morgan fingerprint density at radius 3 is 2.50 bits per heavy atom. The van der Waals surface area contributed by atoms with Gasteiger partial charge in [-0.05, 0) is 48.1 Å². The van der Waals surface area contributed by atoms with Gasteiger partial charge in [-0.25, -0.2) is 0 Å². The van der Waals surface area contributed by atoms with Crippen LogP contribution in [0.4, 0.5) is 0 Å². The molecule has 0 radical (unpaired) electrons. The summed E-state index contributed by atoms with van der Waals surface area (Å²) < 4.78 is 6.50. The summed E-state index contributed by atoms with van der Waals surface area (Å²) in [6, 6.07) is 16.9. The first-order valence-corrected chi connectivity index (χ1v) is 11.6. The first-order chi connectivity index (χ1) is 14.7. The van der Waals surface area contributed by atoms with E-state index in [1.807, 2.05) is 6.07 Å². The van der Waals surface area contributed by atoms with Gasteiger partial charge in [0, 0.05) is 37.9 Å². The van der Waals surface area contributed by atoms with Crippen LogP contribution in [0.5, 0.6) is 5.75 Å². The van der Waals surface area contributed by atoms with Crippen molar-refractivity contribution in [1.82, 2.24) is 4.90 Å². The molecule has 3 aliphatic rings. The first kappa shape index (κ1) is 19.4. The molecular weight excluding hydrogens is 370 g/mol. The summed E-state index contributed by atoms with van der Waals surface area (Å²) in [7, 11) is 0. The van der Waals surface area contributed by atoms with Gasteiger partial charge < -0.3 is 9.64 Å². The molecule has 0 unspecified atom stereocenters. The lowest BCUT2D eigenvalue weighted by Gasteiger charge is -2.42. The second-order valence-corrected chi connectivity index (χ2v) is 9.21. The van der Waals surface area contributed by atoms with E-state index in [-0.39, 0.29) is 5.60 Å². The fourth-order valence-electron chi connectivity index (χ4n) is 5.25. The van der Waals surface area contributed by atoms with Crippen LogP contribution in [-0.2, 0) is 4.79 Å². The minimum absolute atomic E-state index is 0.261. The lowest BCUT2D eigenvalue weighted by Crippen LogP contribution is -2.49. The van der Waals surface area contributed by atoms with Crippen molar-refractivity contribution in [2.75, 3.05) is 13.1 Å². The van der Waals surface area contributed by atoms with Gasteiger partial charge in [-0.15, -0.1) is 0 Å². The quantitative estimate of drug-likeness (QED) is 0.623. The first-order valence-electron chi connectivity index (χ1n) is 11.6. The van der Waals surface area contributed by atoms with E-state index in [0.717, 1.165) is 43.7 Å². The number of hydrogen-bond donors (Lipinski definition) is 0. The molecule has 1 saturated carbocycles. The molecule has 2 aromatic carbocycles. The second-order valence-electron chi connectivity index (χ2n) is 9.21. The highest BCUT2D eigenvalue weighted by atomic mass is 16.5. The van der Waals surface area contributed by atoms with E-state index >= 15 is 0 Å². The Labute approximate surface area is 179 Å². The Balaban J connectivity index is 1.22. The molecule has 0 atom stereocenters. The van der Waals surface area contributed by atoms with Crippen molar-refractivity contribution in [2.45, 2.75) is 57.0 Å². The summed E-state index contributed by atoms with van der Waals surface area (Å²) in [6.07, 6.45) is 13.3. The summed E-state index contributed by atoms with van der Waals surface area (Å²) in [6.45, 7) is 1.60. The number of amides is 1. The lowest BCUT2D eigenvalue weighted by atomic mass is 9.85. The van der Waals surface area contributed by atoms with Gasteiger partial charge in [-0.1, -0.05) is 61.7 Å². The standard InChI is InChI=1S/C27H31NO2/c29-26(19-21-7-3-1-4-8-21)28-17-15-27(16-18-28)14-13-24-20-23(11-12-25(24)30-27)22-9-5-2-6-10-22/h2,5-6,9-14,20-21H,1,3-4,7-8,15-19H2. The van der Waals surface area contributed by atoms with Crippen LogP contribution in [0, 0.1) is 5.92 Å². The molecule has 2 aromatic rings. The highest BCUT2D eigenvalue weighted by molar-refractivity contribution is 5.77. The molecule has 1 amide bonds. The van der Waals surface area contributed by atoms with Gasteiger partial charge in [-0.3, -0.25) is 4.79 Å². The van der Waals surface area contributed by atoms with Crippen LogP contribution in [0.15, 0.2) is 54.6 Å². The number of piperidine rings is 1. The minimum atomic E-state index is -0.261. The van der Waals surface area contributed by atoms with Gasteiger partial charge in [0.2, 0.25) is 5.91 Å². The number of benzene rings is 2. The smallest absolute Gasteiger partial charge is 0.222 e. The number of carbonyl (C=O) groups is 1. The fourth-order valence-corrected chi connectivity index (χ4v) is 5.25. The van der Waals surface area contributed by atoms with Crippen LogP contribution in [0.1, 0.15) is 56.9 Å². The molecule has 2 fully saturated rings. The van der Waals surface area contributed by atoms with Crippen LogP contribution in [-0.4, -0.2) is 29.5 Å². The Morgan fingerprint density at radius 1 is 0.967 bits per heavy atom. The van der Waals surface area contributed by atoms with E-state index in [1.54, 1.807) is 0 Å². The Bertz CT molecular complexity index is 919. The van der Waals surface area contributed by atoms with Crippen LogP contribution in [0.25, 0.3) is 17.2 Å². The summed E-state index contributed by atoms with van der Waals surface area (Å²) in [5, 5.41) is 0. The van der Waals surface area contributed by atoms with E-state index in [4.69, 9.17) is 4.74 Å². The van der Waals surface area contributed by atoms with Crippen LogP contribution in [0.3, 0.4) is 0 Å². The van der Waals surface area contributed by atoms with Crippen molar-refractivity contribution in [1.29, 1.82) is 0 Å². The highest BCUT2D eigenvalue weighted by Gasteiger charge is 2.38. The molecule has 2 heterocycles. The Kier molecular flexibility index (Phi) is 5.37. The maximum atomic E-state index is 12.8. The number of ether oxygens (including phenoxy) is 1. The zero-order valence-corrected chi connectivity index (χ0v) is 17.7. The van der Waals surface area contributed by atoms with Crippen LogP contribution >= 0.6 is 0 Å². The number of nitrogens with zero attached hydrogens (tertiary/aromatic N) is 1. The Morgan fingerprint density at radius 2 is 1.73 bits per heavy atom. The average Bonchev–Trinajstić information content (AvgIpc) is 2.80. The number of likely N-dealkylation sites (tertiary alicyclic amines) is 1. The molecule has 3 nitrogen and oxygen atoms in total. The molecule has 0 N–H and O–H groups in total. The van der Waals surface area contributed by atoms with Crippen LogP contribution in [0.2, 0.25) is 0 Å². The largest absolute Gasteiger partial charge is 0.482 e. The molecule has 1 spiro atoms. The SMILES string of the molecule is O=C(CC1CCCCC1)N1CCC2(C=Cc3cc(-c4ccccc4)ccc3O2)CC1. The lowest BCUT2D eigenvalue weighted by molar-refractivity contribution is -0.135. The van der Waals surface area contributed by atoms with Crippen molar-refractivity contribution < 1.29 is 9.53 Å². The summed E-state index contributed by atoms with van der Waals surface area (Å²) in [4.78, 5) is 14.8. The highest BCUT2D eigenvalue weighted by Crippen LogP contribution is 2.39. The van der Waals surface area contributed by atoms with E-state index in [2.05, 4.69) is 59.5 Å². The third-order valence-corrected chi connectivity index (χ3v) is 7.15. The molecule has 2 aliphatic heterocycles. The van der Waals surface area contributed by atoms with Crippen molar-refractivity contribution >= 4 is 12.0 Å². The van der Waals surface area contributed by atoms with E-state index in [1.165, 1.54) is 43.2 Å². The normalized spacial score (nSPS) is 20.6. The topological polar surface area (TPSA) is 29.5 Å². The van der Waals surface area contributed by atoms with Gasteiger partial charge in [0.05, 0.1) is 0 Å². The van der Waals surface area contributed by atoms with Crippen molar-refractivity contribution in [3.8, 4) is 16.9 Å². The average molecular weight is 402 g/mol. The van der Waals surface area contributed by atoms with Crippen LogP contribution < -0.4 is 4.74 Å². The fraction of sp³-hybridized carbons (Fsp3) is 0.444. The van der Waals surface area contributed by atoms with Gasteiger partial charge >= 0.3 is 0 Å². The van der Waals surface area contributed by atoms with E-state index in [9.17, 15) is 4.79 Å². The summed E-state index contributed by atoms with van der Waals surface area (Å²) in [5.74, 6) is 1.92. The summed E-state index contributed by atoms with van der Waals surface area (Å²) >= 11 is 0. The maximum Gasteiger partial charge on any atom is 0.222 e. The molecule has 3 heteroatoms. The van der Waals surface area contributed by atoms with Crippen molar-refractivity contribution in [3.05, 3.63) is 60.2 Å². The molecule has 1 saturated heterocycles. The Hall–Kier alpha value is -2.55. The monoisotopic (exact) mass is 401 g/mol. The van der Waals surface area contributed by atoms with Gasteiger partial charge in [0.25, 0.3) is 0 Å². The molecule has 0 bridgehead atoms. The third-order valence-electron chi connectivity index (χ3n) is 7.15. The van der Waals surface area contributed by atoms with E-state index in [0.29, 0.717) is 11.8 Å². The van der Waals surface area contributed by atoms with E-state index < -0.39 is 0 Å². The molecular formula is C27H31NO2. The van der Waals surface area contributed by atoms with Crippen molar-refractivity contribution in [2.24, 2.45) is 5.92 Å². The predicted octanol–water partition coefficient (Wildman–Crippen LogP) is 6.09. The molecule has 0 aromatic heterocycles. The molecule has 156 valence electrons. The van der Waals surface area contributed by atoms with Gasteiger partial charge in [0.15, 0.2) is 0 Å². The van der Waals surface area contributed by atoms with Gasteiger partial charge in [0.1, 0.15) is 11.4 Å². The summed E-state index contributed by atoms with van der Waals surface area (Å²) in [5.41, 5.74) is 3.31. The third kappa shape index (κ3) is 4.03. The maximum absolute atomic E-state index is 12.8. The molecule has 5 rings (SSSR count). The predicted molar refractivity (Wildman–Crippen MR) is 121 cm³/mol. The number of fused-ring (bicyclic) bond motifs is 1. The second kappa shape index (κ2) is 8.29. The van der Waals surface area contributed by atoms with Gasteiger partial charge in [-0.2, -0.15) is 0 Å². The molecule has 30 heavy (non-hydrogen) atoms. The number of hydrogen-bond acceptors (Lipinski definition) is 2. The number of rotatable bonds is 3. The number of carbonyl (C=O) groups excluding carboxylic acids is 1. The van der Waals surface area contributed by atoms with Crippen molar-refractivity contribution in [3.63, 3.8) is 0 Å². The molecule has 1 aliphatic carbocycles. The zero-order chi connectivity index (χ0) is 20.4. The minimum Gasteiger partial charge on any atom is -0.482 e. The zero-order valence-electron chi connectivity index (χ0n) is 17.7.